The van der Waals surface area contributed by atoms with E-state index in [1.54, 1.807) is 13.8 Å². The van der Waals surface area contributed by atoms with Crippen molar-refractivity contribution in [3.05, 3.63) is 16.1 Å². The van der Waals surface area contributed by atoms with Crippen molar-refractivity contribution in [3.63, 3.8) is 0 Å². The summed E-state index contributed by atoms with van der Waals surface area (Å²) in [6.45, 7) is 3.24. The zero-order valence-corrected chi connectivity index (χ0v) is 17.3. The van der Waals surface area contributed by atoms with Crippen LogP contribution < -0.4 is 19.5 Å². The molecular formula is C17H22BrNO8. The van der Waals surface area contributed by atoms with E-state index < -0.39 is 23.9 Å². The predicted molar refractivity (Wildman–Crippen MR) is 98.3 cm³/mol. The van der Waals surface area contributed by atoms with E-state index in [0.29, 0.717) is 0 Å². The summed E-state index contributed by atoms with van der Waals surface area (Å²) in [4.78, 5) is 36.8. The zero-order chi connectivity index (χ0) is 20.6. The molecule has 0 unspecified atom stereocenters. The monoisotopic (exact) mass is 447 g/mol. The summed E-state index contributed by atoms with van der Waals surface area (Å²) in [5.74, 6) is -1.87. The van der Waals surface area contributed by atoms with Crippen molar-refractivity contribution in [2.75, 3.05) is 34.5 Å². The van der Waals surface area contributed by atoms with Crippen LogP contribution in [0.25, 0.3) is 0 Å². The molecule has 1 aromatic carbocycles. The molecule has 0 aromatic heterocycles. The van der Waals surface area contributed by atoms with Gasteiger partial charge in [-0.1, -0.05) is 0 Å². The molecule has 1 amide bonds. The summed E-state index contributed by atoms with van der Waals surface area (Å²) >= 11 is 3.27. The third kappa shape index (κ3) is 5.25. The number of halogens is 1. The first-order chi connectivity index (χ1) is 12.9. The van der Waals surface area contributed by atoms with Gasteiger partial charge in [0.05, 0.1) is 44.6 Å². The average molecular weight is 448 g/mol. The number of rotatable bonds is 9. The standard InChI is InChI=1S/C17H22BrNO8/c1-6-26-16(21)12(17(22)27-7-2)19-15(20)9-8-10(23-3)13(24-4)14(25-5)11(9)18/h8,12H,6-7H2,1-5H3,(H,19,20). The number of carbonyl (C=O) groups is 3. The first kappa shape index (κ1) is 22.6. The van der Waals surface area contributed by atoms with Crippen LogP contribution in [0.2, 0.25) is 0 Å². The van der Waals surface area contributed by atoms with Crippen molar-refractivity contribution in [3.8, 4) is 17.2 Å². The summed E-state index contributed by atoms with van der Waals surface area (Å²) < 4.78 is 25.6. The summed E-state index contributed by atoms with van der Waals surface area (Å²) in [5, 5.41) is 2.31. The zero-order valence-electron chi connectivity index (χ0n) is 15.7. The lowest BCUT2D eigenvalue weighted by atomic mass is 10.1. The second kappa shape index (κ2) is 10.6. The number of hydrogen-bond acceptors (Lipinski definition) is 8. The van der Waals surface area contributed by atoms with Crippen LogP contribution in [0.4, 0.5) is 0 Å². The minimum absolute atomic E-state index is 0.0402. The molecule has 150 valence electrons. The Morgan fingerprint density at radius 1 is 0.963 bits per heavy atom. The largest absolute Gasteiger partial charge is 0.493 e. The highest BCUT2D eigenvalue weighted by Crippen LogP contribution is 2.44. The Bertz CT molecular complexity index is 689. The Morgan fingerprint density at radius 3 is 1.89 bits per heavy atom. The molecule has 10 heteroatoms. The van der Waals surface area contributed by atoms with Crippen molar-refractivity contribution in [1.29, 1.82) is 0 Å². The van der Waals surface area contributed by atoms with Crippen LogP contribution in [0.5, 0.6) is 17.2 Å². The van der Waals surface area contributed by atoms with E-state index in [1.807, 2.05) is 0 Å². The van der Waals surface area contributed by atoms with E-state index in [2.05, 4.69) is 21.2 Å². The SMILES string of the molecule is CCOC(=O)C(NC(=O)c1cc(OC)c(OC)c(OC)c1Br)C(=O)OCC. The highest BCUT2D eigenvalue weighted by atomic mass is 79.9. The fourth-order valence-corrected chi connectivity index (χ4v) is 2.80. The number of amides is 1. The van der Waals surface area contributed by atoms with Gasteiger partial charge in [0.1, 0.15) is 0 Å². The van der Waals surface area contributed by atoms with Crippen LogP contribution in [-0.4, -0.2) is 58.4 Å². The average Bonchev–Trinajstić information content (AvgIpc) is 2.65. The van der Waals surface area contributed by atoms with Gasteiger partial charge in [0.2, 0.25) is 11.8 Å². The highest BCUT2D eigenvalue weighted by Gasteiger charge is 2.33. The van der Waals surface area contributed by atoms with Crippen LogP contribution >= 0.6 is 15.9 Å². The smallest absolute Gasteiger partial charge is 0.340 e. The number of methoxy groups -OCH3 is 3. The lowest BCUT2D eigenvalue weighted by Gasteiger charge is -2.19. The number of hydrogen-bond donors (Lipinski definition) is 1. The molecule has 0 aliphatic heterocycles. The van der Waals surface area contributed by atoms with Crippen LogP contribution in [0.1, 0.15) is 24.2 Å². The predicted octanol–water partition coefficient (Wildman–Crippen LogP) is 1.70. The Morgan fingerprint density at radius 2 is 1.48 bits per heavy atom. The lowest BCUT2D eigenvalue weighted by Crippen LogP contribution is -2.48. The van der Waals surface area contributed by atoms with Crippen LogP contribution in [0.15, 0.2) is 10.5 Å². The molecule has 0 aliphatic carbocycles. The minimum atomic E-state index is -1.61. The molecule has 0 saturated heterocycles. The topological polar surface area (TPSA) is 109 Å². The number of ether oxygens (including phenoxy) is 5. The quantitative estimate of drug-likeness (QED) is 0.449. The van der Waals surface area contributed by atoms with Crippen molar-refractivity contribution in [1.82, 2.24) is 5.32 Å². The third-order valence-electron chi connectivity index (χ3n) is 3.33. The van der Waals surface area contributed by atoms with Gasteiger partial charge in [0.25, 0.3) is 5.91 Å². The molecule has 1 aromatic rings. The van der Waals surface area contributed by atoms with E-state index in [4.69, 9.17) is 23.7 Å². The Kier molecular flexibility index (Phi) is 8.86. The maximum Gasteiger partial charge on any atom is 0.340 e. The molecule has 27 heavy (non-hydrogen) atoms. The molecular weight excluding hydrogens is 426 g/mol. The van der Waals surface area contributed by atoms with E-state index in [0.717, 1.165) is 0 Å². The lowest BCUT2D eigenvalue weighted by molar-refractivity contribution is -0.157. The van der Waals surface area contributed by atoms with Gasteiger partial charge in [-0.2, -0.15) is 0 Å². The van der Waals surface area contributed by atoms with Gasteiger partial charge in [0.15, 0.2) is 11.5 Å². The first-order valence-corrected chi connectivity index (χ1v) is 8.77. The third-order valence-corrected chi connectivity index (χ3v) is 4.12. The molecule has 0 fully saturated rings. The molecule has 0 heterocycles. The van der Waals surface area contributed by atoms with E-state index in [9.17, 15) is 14.4 Å². The summed E-state index contributed by atoms with van der Waals surface area (Å²) in [5.41, 5.74) is 0.0584. The van der Waals surface area contributed by atoms with Gasteiger partial charge in [-0.15, -0.1) is 0 Å². The van der Waals surface area contributed by atoms with Crippen molar-refractivity contribution >= 4 is 33.8 Å². The van der Waals surface area contributed by atoms with Gasteiger partial charge >= 0.3 is 11.9 Å². The van der Waals surface area contributed by atoms with Gasteiger partial charge in [-0.3, -0.25) is 4.79 Å². The fourth-order valence-electron chi connectivity index (χ4n) is 2.16. The summed E-state index contributed by atoms with van der Waals surface area (Å²) in [6.07, 6.45) is 0. The van der Waals surface area contributed by atoms with Crippen LogP contribution in [0.3, 0.4) is 0 Å². The molecule has 0 radical (unpaired) electrons. The number of esters is 2. The first-order valence-electron chi connectivity index (χ1n) is 7.98. The molecule has 1 rings (SSSR count). The maximum absolute atomic E-state index is 12.7. The number of carbonyl (C=O) groups excluding carboxylic acids is 3. The van der Waals surface area contributed by atoms with E-state index >= 15 is 0 Å². The molecule has 0 bridgehead atoms. The second-order valence-corrected chi connectivity index (χ2v) is 5.71. The molecule has 1 N–H and O–H groups in total. The van der Waals surface area contributed by atoms with Crippen molar-refractivity contribution < 1.29 is 38.1 Å². The fraction of sp³-hybridized carbons (Fsp3) is 0.471. The maximum atomic E-state index is 12.7. The van der Waals surface area contributed by atoms with Gasteiger partial charge in [-0.25, -0.2) is 9.59 Å². The Hall–Kier alpha value is -2.49. The molecule has 0 saturated carbocycles. The van der Waals surface area contributed by atoms with Crippen LogP contribution in [0, 0.1) is 0 Å². The van der Waals surface area contributed by atoms with Gasteiger partial charge in [0, 0.05) is 0 Å². The Balaban J connectivity index is 3.29. The van der Waals surface area contributed by atoms with E-state index in [1.165, 1.54) is 27.4 Å². The molecule has 0 spiro atoms. The van der Waals surface area contributed by atoms with Crippen molar-refractivity contribution in [2.24, 2.45) is 0 Å². The van der Waals surface area contributed by atoms with Crippen molar-refractivity contribution in [2.45, 2.75) is 19.9 Å². The summed E-state index contributed by atoms with van der Waals surface area (Å²) in [6, 6.07) is -0.225. The highest BCUT2D eigenvalue weighted by molar-refractivity contribution is 9.10. The van der Waals surface area contributed by atoms with Crippen LogP contribution in [-0.2, 0) is 19.1 Å². The second-order valence-electron chi connectivity index (χ2n) is 4.92. The normalized spacial score (nSPS) is 10.2. The molecule has 0 aliphatic rings. The number of benzene rings is 1. The number of nitrogens with one attached hydrogen (secondary N) is 1. The minimum Gasteiger partial charge on any atom is -0.493 e. The Labute approximate surface area is 165 Å². The van der Waals surface area contributed by atoms with Gasteiger partial charge < -0.3 is 29.0 Å². The molecule has 9 nitrogen and oxygen atoms in total. The van der Waals surface area contributed by atoms with Gasteiger partial charge in [-0.05, 0) is 35.8 Å². The molecule has 0 atom stereocenters. The van der Waals surface area contributed by atoms with E-state index in [-0.39, 0.29) is 40.5 Å². The summed E-state index contributed by atoms with van der Waals surface area (Å²) in [7, 11) is 4.21.